The van der Waals surface area contributed by atoms with E-state index in [0.717, 1.165) is 21.4 Å². The van der Waals surface area contributed by atoms with Crippen LogP contribution < -0.4 is 0 Å². The molecule has 1 aliphatic heterocycles. The third-order valence-electron chi connectivity index (χ3n) is 3.05. The molecule has 0 bridgehead atoms. The predicted molar refractivity (Wildman–Crippen MR) is 81.6 cm³/mol. The van der Waals surface area contributed by atoms with Crippen LogP contribution in [0.5, 0.6) is 0 Å². The van der Waals surface area contributed by atoms with Crippen molar-refractivity contribution in [3.05, 3.63) is 19.9 Å². The van der Waals surface area contributed by atoms with Crippen LogP contribution in [0.3, 0.4) is 0 Å². The zero-order valence-electron chi connectivity index (χ0n) is 10.3. The van der Waals surface area contributed by atoms with Gasteiger partial charge in [0.15, 0.2) is 0 Å². The number of amides is 1. The van der Waals surface area contributed by atoms with Gasteiger partial charge >= 0.3 is 5.97 Å². The molecule has 7 heteroatoms. The average molecular weight is 394 g/mol. The molecule has 1 aliphatic rings. The van der Waals surface area contributed by atoms with Crippen molar-refractivity contribution >= 4 is 45.8 Å². The fraction of sp³-hybridized carbons (Fsp3) is 0.500. The largest absolute Gasteiger partial charge is 0.480 e. The van der Waals surface area contributed by atoms with Gasteiger partial charge in [-0.2, -0.15) is 0 Å². The van der Waals surface area contributed by atoms with E-state index in [-0.39, 0.29) is 12.5 Å². The van der Waals surface area contributed by atoms with Crippen LogP contribution in [-0.4, -0.2) is 59.5 Å². The van der Waals surface area contributed by atoms with Gasteiger partial charge in [0.05, 0.1) is 15.0 Å². The number of carboxylic acid groups (broad SMARTS) is 1. The van der Waals surface area contributed by atoms with E-state index in [1.165, 1.54) is 0 Å². The lowest BCUT2D eigenvalue weighted by Gasteiger charge is -2.20. The second-order valence-corrected chi connectivity index (χ2v) is 7.26. The van der Waals surface area contributed by atoms with Gasteiger partial charge < -0.3 is 10.0 Å². The molecular weight excluding hydrogens is 379 g/mol. The molecule has 1 aromatic heterocycles. The van der Waals surface area contributed by atoms with Crippen LogP contribution >= 0.6 is 33.9 Å². The van der Waals surface area contributed by atoms with E-state index >= 15 is 0 Å². The summed E-state index contributed by atoms with van der Waals surface area (Å²) in [6.07, 6.45) is 0.820. The second-order valence-electron chi connectivity index (χ2n) is 4.46. The molecule has 0 radical (unpaired) electrons. The Morgan fingerprint density at radius 1 is 1.32 bits per heavy atom. The van der Waals surface area contributed by atoms with Gasteiger partial charge in [-0.25, -0.2) is 0 Å². The van der Waals surface area contributed by atoms with Gasteiger partial charge in [0, 0.05) is 31.6 Å². The molecule has 1 amide bonds. The van der Waals surface area contributed by atoms with E-state index < -0.39 is 5.97 Å². The first-order chi connectivity index (χ1) is 9.06. The summed E-state index contributed by atoms with van der Waals surface area (Å²) < 4.78 is 1.10. The normalized spacial score (nSPS) is 17.2. The Balaban J connectivity index is 1.95. The Kier molecular flexibility index (Phi) is 5.17. The highest BCUT2D eigenvalue weighted by Crippen LogP contribution is 2.18. The lowest BCUT2D eigenvalue weighted by Crippen LogP contribution is -2.36. The van der Waals surface area contributed by atoms with Crippen LogP contribution in [0.2, 0.25) is 0 Å². The third kappa shape index (κ3) is 4.15. The summed E-state index contributed by atoms with van der Waals surface area (Å²) in [5.41, 5.74) is 0.737. The topological polar surface area (TPSA) is 60.9 Å². The van der Waals surface area contributed by atoms with E-state index in [1.54, 1.807) is 11.3 Å². The maximum absolute atomic E-state index is 12.3. The van der Waals surface area contributed by atoms with Crippen LogP contribution in [0.15, 0.2) is 11.4 Å². The SMILES string of the molecule is O=C(O)CN1CCCN(C(=O)c2csc(I)c2)CC1. The molecular formula is C12H15IN2O3S. The Morgan fingerprint density at radius 3 is 2.74 bits per heavy atom. The van der Waals surface area contributed by atoms with Crippen molar-refractivity contribution in [2.45, 2.75) is 6.42 Å². The number of carbonyl (C=O) groups is 2. The minimum Gasteiger partial charge on any atom is -0.480 e. The second kappa shape index (κ2) is 6.67. The van der Waals surface area contributed by atoms with Crippen LogP contribution in [0, 0.1) is 2.88 Å². The first kappa shape index (κ1) is 14.7. The zero-order valence-corrected chi connectivity index (χ0v) is 13.3. The van der Waals surface area contributed by atoms with Crippen LogP contribution in [0.1, 0.15) is 16.8 Å². The standard InChI is InChI=1S/C12H15IN2O3S/c13-10-6-9(8-19-10)12(18)15-3-1-2-14(4-5-15)7-11(16)17/h6,8H,1-5,7H2,(H,16,17). The monoisotopic (exact) mass is 394 g/mol. The maximum atomic E-state index is 12.3. The number of nitrogens with zero attached hydrogens (tertiary/aromatic N) is 2. The van der Waals surface area contributed by atoms with Crippen molar-refractivity contribution in [3.8, 4) is 0 Å². The molecule has 19 heavy (non-hydrogen) atoms. The first-order valence-corrected chi connectivity index (χ1v) is 7.99. The molecule has 1 saturated heterocycles. The Bertz CT molecular complexity index is 477. The zero-order chi connectivity index (χ0) is 13.8. The quantitative estimate of drug-likeness (QED) is 0.792. The summed E-state index contributed by atoms with van der Waals surface area (Å²) in [6, 6.07) is 1.90. The van der Waals surface area contributed by atoms with Gasteiger partial charge in [0.2, 0.25) is 0 Å². The van der Waals surface area contributed by atoms with Crippen molar-refractivity contribution < 1.29 is 14.7 Å². The van der Waals surface area contributed by atoms with Gasteiger partial charge in [-0.1, -0.05) is 0 Å². The minimum absolute atomic E-state index is 0.0522. The molecule has 0 spiro atoms. The minimum atomic E-state index is -0.813. The van der Waals surface area contributed by atoms with Gasteiger partial charge in [0.25, 0.3) is 5.91 Å². The lowest BCUT2D eigenvalue weighted by molar-refractivity contribution is -0.138. The summed E-state index contributed by atoms with van der Waals surface area (Å²) >= 11 is 3.77. The van der Waals surface area contributed by atoms with Gasteiger partial charge in [-0.15, -0.1) is 11.3 Å². The van der Waals surface area contributed by atoms with E-state index in [4.69, 9.17) is 5.11 Å². The summed E-state index contributed by atoms with van der Waals surface area (Å²) in [6.45, 7) is 2.70. The molecule has 5 nitrogen and oxygen atoms in total. The van der Waals surface area contributed by atoms with Crippen LogP contribution in [0.4, 0.5) is 0 Å². The van der Waals surface area contributed by atoms with Gasteiger partial charge in [0.1, 0.15) is 0 Å². The fourth-order valence-corrected chi connectivity index (χ4v) is 3.45. The average Bonchev–Trinajstić information content (AvgIpc) is 2.65. The number of hydrogen-bond acceptors (Lipinski definition) is 4. The van der Waals surface area contributed by atoms with E-state index in [2.05, 4.69) is 22.6 Å². The van der Waals surface area contributed by atoms with Crippen molar-refractivity contribution in [1.29, 1.82) is 0 Å². The van der Waals surface area contributed by atoms with Crippen molar-refractivity contribution in [2.24, 2.45) is 0 Å². The number of rotatable bonds is 3. The molecule has 1 fully saturated rings. The lowest BCUT2D eigenvalue weighted by atomic mass is 10.3. The molecule has 104 valence electrons. The van der Waals surface area contributed by atoms with Crippen molar-refractivity contribution in [3.63, 3.8) is 0 Å². The summed E-state index contributed by atoms with van der Waals surface area (Å²) in [5, 5.41) is 10.7. The van der Waals surface area contributed by atoms with Crippen LogP contribution in [-0.2, 0) is 4.79 Å². The number of halogens is 1. The first-order valence-electron chi connectivity index (χ1n) is 6.03. The third-order valence-corrected chi connectivity index (χ3v) is 4.84. The summed E-state index contributed by atoms with van der Waals surface area (Å²) in [4.78, 5) is 26.7. The van der Waals surface area contributed by atoms with E-state index in [9.17, 15) is 9.59 Å². The Labute approximate surface area is 129 Å². The van der Waals surface area contributed by atoms with E-state index in [1.807, 2.05) is 21.2 Å². The summed E-state index contributed by atoms with van der Waals surface area (Å²) in [5.74, 6) is -0.761. The molecule has 0 atom stereocenters. The number of carbonyl (C=O) groups excluding carboxylic acids is 1. The van der Waals surface area contributed by atoms with Crippen LogP contribution in [0.25, 0.3) is 0 Å². The summed E-state index contributed by atoms with van der Waals surface area (Å²) in [7, 11) is 0. The molecule has 0 saturated carbocycles. The molecule has 1 N–H and O–H groups in total. The maximum Gasteiger partial charge on any atom is 0.317 e. The van der Waals surface area contributed by atoms with Gasteiger partial charge in [-0.3, -0.25) is 14.5 Å². The van der Waals surface area contributed by atoms with Gasteiger partial charge in [-0.05, 0) is 35.1 Å². The van der Waals surface area contributed by atoms with E-state index in [0.29, 0.717) is 19.6 Å². The number of hydrogen-bond donors (Lipinski definition) is 1. The molecule has 2 heterocycles. The molecule has 0 aliphatic carbocycles. The highest BCUT2D eigenvalue weighted by molar-refractivity contribution is 14.1. The highest BCUT2D eigenvalue weighted by atomic mass is 127. The molecule has 0 aromatic carbocycles. The van der Waals surface area contributed by atoms with Crippen molar-refractivity contribution in [1.82, 2.24) is 9.80 Å². The Hall–Kier alpha value is -0.670. The number of carboxylic acids is 1. The Morgan fingerprint density at radius 2 is 2.11 bits per heavy atom. The predicted octanol–water partition coefficient (Wildman–Crippen LogP) is 1.59. The molecule has 0 unspecified atom stereocenters. The van der Waals surface area contributed by atoms with Crippen molar-refractivity contribution in [2.75, 3.05) is 32.7 Å². The molecule has 1 aromatic rings. The highest BCUT2D eigenvalue weighted by Gasteiger charge is 2.21. The smallest absolute Gasteiger partial charge is 0.317 e. The number of aliphatic carboxylic acids is 1. The fourth-order valence-electron chi connectivity index (χ4n) is 2.13. The number of thiophene rings is 1. The molecule has 2 rings (SSSR count).